The molecule has 0 aromatic heterocycles. The summed E-state index contributed by atoms with van der Waals surface area (Å²) in [5.74, 6) is 1.45. The summed E-state index contributed by atoms with van der Waals surface area (Å²) in [5, 5.41) is 4.88. The molecule has 0 saturated carbocycles. The van der Waals surface area contributed by atoms with Gasteiger partial charge in [0.15, 0.2) is 7.14 Å². The Balaban J connectivity index is 1.30. The predicted octanol–water partition coefficient (Wildman–Crippen LogP) is 9.00. The molecule has 8 aromatic carbocycles. The summed E-state index contributed by atoms with van der Waals surface area (Å²) in [6, 6.07) is 69.3. The van der Waals surface area contributed by atoms with Crippen molar-refractivity contribution < 1.29 is 14.2 Å². The lowest BCUT2D eigenvalue weighted by Crippen LogP contribution is -2.36. The first kappa shape index (κ1) is 32.8. The SMILES string of the molecule is O=P(c1ccccc1)(c1ccccc1)c1ccc2c(c1)C1(c3cc([P+](O)(c4ccccc4)c4ccccc4)ccc3O2)c2ccccc2-c2ccccc21. The molecule has 8 aromatic rings. The third kappa shape index (κ3) is 4.66. The first-order valence-corrected chi connectivity index (χ1v) is 21.6. The van der Waals surface area contributed by atoms with E-state index >= 15 is 4.57 Å². The van der Waals surface area contributed by atoms with E-state index in [1.807, 2.05) is 146 Å². The van der Waals surface area contributed by atoms with Crippen LogP contribution in [0.25, 0.3) is 11.1 Å². The molecule has 1 N–H and O–H groups in total. The first-order valence-electron chi connectivity index (χ1n) is 18.2. The van der Waals surface area contributed by atoms with Crippen molar-refractivity contribution in [2.45, 2.75) is 5.41 Å². The number of fused-ring (bicyclic) bond motifs is 9. The van der Waals surface area contributed by atoms with Crippen LogP contribution < -0.4 is 36.6 Å². The van der Waals surface area contributed by atoms with E-state index in [0.29, 0.717) is 5.75 Å². The lowest BCUT2D eigenvalue weighted by molar-refractivity contribution is 0.437. The van der Waals surface area contributed by atoms with Crippen molar-refractivity contribution in [3.05, 3.63) is 229 Å². The van der Waals surface area contributed by atoms with Gasteiger partial charge >= 0.3 is 0 Å². The van der Waals surface area contributed by atoms with Gasteiger partial charge in [-0.1, -0.05) is 146 Å². The summed E-state index contributed by atoms with van der Waals surface area (Å²) in [6.45, 7) is 0. The topological polar surface area (TPSA) is 46.5 Å². The zero-order valence-electron chi connectivity index (χ0n) is 29.3. The van der Waals surface area contributed by atoms with Crippen molar-refractivity contribution in [2.24, 2.45) is 0 Å². The lowest BCUT2D eigenvalue weighted by Gasteiger charge is -2.40. The molecule has 1 aliphatic heterocycles. The molecule has 0 radical (unpaired) electrons. The highest BCUT2D eigenvalue weighted by Crippen LogP contribution is 2.63. The maximum absolute atomic E-state index is 15.9. The molecule has 258 valence electrons. The van der Waals surface area contributed by atoms with Crippen molar-refractivity contribution in [3.63, 3.8) is 0 Å². The van der Waals surface area contributed by atoms with Crippen molar-refractivity contribution in [1.82, 2.24) is 0 Å². The summed E-state index contributed by atoms with van der Waals surface area (Å²) >= 11 is 0. The fourth-order valence-electron chi connectivity index (χ4n) is 8.73. The molecule has 1 heterocycles. The molecule has 0 bridgehead atoms. The van der Waals surface area contributed by atoms with Gasteiger partial charge in [0.25, 0.3) is 0 Å². The van der Waals surface area contributed by atoms with E-state index in [2.05, 4.69) is 60.7 Å². The number of hydrogen-bond acceptors (Lipinski definition) is 3. The van der Waals surface area contributed by atoms with E-state index in [9.17, 15) is 4.89 Å². The Bertz CT molecular complexity index is 2600. The third-order valence-corrected chi connectivity index (χ3v) is 17.3. The van der Waals surface area contributed by atoms with Crippen LogP contribution in [0.3, 0.4) is 0 Å². The molecule has 0 fully saturated rings. The minimum atomic E-state index is -3.34. The Morgan fingerprint density at radius 1 is 0.407 bits per heavy atom. The van der Waals surface area contributed by atoms with Gasteiger partial charge in [0.05, 0.1) is 5.41 Å². The van der Waals surface area contributed by atoms with Crippen molar-refractivity contribution in [2.75, 3.05) is 0 Å². The molecule has 0 saturated heterocycles. The highest BCUT2D eigenvalue weighted by Gasteiger charge is 2.53. The van der Waals surface area contributed by atoms with Crippen LogP contribution in [0.1, 0.15) is 22.3 Å². The highest BCUT2D eigenvalue weighted by atomic mass is 31.2. The van der Waals surface area contributed by atoms with Gasteiger partial charge in [0.1, 0.15) is 27.4 Å². The first-order chi connectivity index (χ1) is 26.5. The number of rotatable bonds is 6. The molecule has 0 amide bonds. The van der Waals surface area contributed by atoms with Gasteiger partial charge in [-0.05, 0) is 82.9 Å². The molecule has 10 rings (SSSR count). The van der Waals surface area contributed by atoms with Gasteiger partial charge < -0.3 is 9.30 Å². The maximum atomic E-state index is 15.9. The summed E-state index contributed by atoms with van der Waals surface area (Å²) in [7, 11) is -6.44. The van der Waals surface area contributed by atoms with Crippen LogP contribution in [0.15, 0.2) is 206 Å². The Hall–Kier alpha value is -5.82. The summed E-state index contributed by atoms with van der Waals surface area (Å²) < 4.78 is 22.8. The Labute approximate surface area is 316 Å². The van der Waals surface area contributed by atoms with Gasteiger partial charge in [0.2, 0.25) is 7.49 Å². The normalized spacial score (nSPS) is 13.6. The summed E-state index contributed by atoms with van der Waals surface area (Å²) in [5.41, 5.74) is 5.58. The predicted molar refractivity (Wildman–Crippen MR) is 224 cm³/mol. The molecule has 1 spiro atoms. The van der Waals surface area contributed by atoms with Gasteiger partial charge in [-0.25, -0.2) is 4.89 Å². The Morgan fingerprint density at radius 2 is 0.833 bits per heavy atom. The van der Waals surface area contributed by atoms with Crippen LogP contribution in [-0.2, 0) is 9.98 Å². The molecule has 0 atom stereocenters. The second-order valence-electron chi connectivity index (χ2n) is 13.9. The summed E-state index contributed by atoms with van der Waals surface area (Å²) in [6.07, 6.45) is 0. The van der Waals surface area contributed by atoms with E-state index in [1.54, 1.807) is 0 Å². The Kier molecular flexibility index (Phi) is 7.68. The summed E-state index contributed by atoms with van der Waals surface area (Å²) in [4.78, 5) is 13.2. The van der Waals surface area contributed by atoms with E-state index < -0.39 is 20.0 Å². The fourth-order valence-corrected chi connectivity index (χ4v) is 14.1. The molecule has 5 heteroatoms. The fraction of sp³-hybridized carbons (Fsp3) is 0.0204. The van der Waals surface area contributed by atoms with E-state index in [0.717, 1.165) is 71.0 Å². The minimum Gasteiger partial charge on any atom is -0.457 e. The monoisotopic (exact) mass is 733 g/mol. The number of ether oxygens (including phenoxy) is 1. The second-order valence-corrected chi connectivity index (χ2v) is 19.5. The van der Waals surface area contributed by atoms with E-state index in [-0.39, 0.29) is 0 Å². The zero-order chi connectivity index (χ0) is 36.3. The molecular weight excluding hydrogens is 698 g/mol. The van der Waals surface area contributed by atoms with Crippen LogP contribution in [0, 0.1) is 0 Å². The smallest absolute Gasteiger partial charge is 0.238 e. The molecule has 0 unspecified atom stereocenters. The number of hydrogen-bond donors (Lipinski definition) is 1. The van der Waals surface area contributed by atoms with Gasteiger partial charge in [-0.15, -0.1) is 0 Å². The minimum absolute atomic E-state index is 0.717. The van der Waals surface area contributed by atoms with Gasteiger partial charge in [-0.3, -0.25) is 0 Å². The molecule has 54 heavy (non-hydrogen) atoms. The largest absolute Gasteiger partial charge is 0.457 e. The third-order valence-electron chi connectivity index (χ3n) is 11.1. The Morgan fingerprint density at radius 3 is 1.35 bits per heavy atom. The van der Waals surface area contributed by atoms with Crippen molar-refractivity contribution in [3.8, 4) is 22.6 Å². The van der Waals surface area contributed by atoms with Crippen molar-refractivity contribution in [1.29, 1.82) is 0 Å². The zero-order valence-corrected chi connectivity index (χ0v) is 31.1. The maximum Gasteiger partial charge on any atom is 0.238 e. The average Bonchev–Trinajstić information content (AvgIpc) is 3.55. The molecule has 3 nitrogen and oxygen atoms in total. The van der Waals surface area contributed by atoms with E-state index in [4.69, 9.17) is 4.74 Å². The number of benzene rings is 8. The van der Waals surface area contributed by atoms with E-state index in [1.165, 1.54) is 0 Å². The lowest BCUT2D eigenvalue weighted by atomic mass is 9.66. The second kappa shape index (κ2) is 12.7. The van der Waals surface area contributed by atoms with Gasteiger partial charge in [0, 0.05) is 27.0 Å². The standard InChI is InChI=1S/C49H35O3P2/c50-53(35-17-5-1-6-18-35,36-19-7-2-8-20-36)39-29-31-47-45(33-39)49(43-27-15-13-25-41(43)42-26-14-16-28-44(42)49)46-34-40(30-32-48(46)52-47)54(51,37-21-9-3-10-22-37)38-23-11-4-12-24-38/h1-34,50H/q+1. The molecule has 2 aliphatic rings. The van der Waals surface area contributed by atoms with Crippen LogP contribution in [-0.4, -0.2) is 4.89 Å². The van der Waals surface area contributed by atoms with Crippen molar-refractivity contribution >= 4 is 46.5 Å². The molecular formula is C49H35O3P2+. The van der Waals surface area contributed by atoms with Crippen LogP contribution in [0.2, 0.25) is 0 Å². The highest BCUT2D eigenvalue weighted by molar-refractivity contribution is 7.91. The average molecular weight is 734 g/mol. The van der Waals surface area contributed by atoms with Crippen LogP contribution in [0.5, 0.6) is 11.5 Å². The molecule has 1 aliphatic carbocycles. The van der Waals surface area contributed by atoms with Crippen LogP contribution in [0.4, 0.5) is 0 Å². The quantitative estimate of drug-likeness (QED) is 0.174. The van der Waals surface area contributed by atoms with Gasteiger partial charge in [-0.2, -0.15) is 0 Å². The van der Waals surface area contributed by atoms with Crippen LogP contribution >= 0.6 is 14.6 Å².